The van der Waals surface area contributed by atoms with Gasteiger partial charge in [-0.15, -0.1) is 0 Å². The second-order valence-corrected chi connectivity index (χ2v) is 8.93. The van der Waals surface area contributed by atoms with Crippen LogP contribution in [0, 0.1) is 5.92 Å². The Morgan fingerprint density at radius 1 is 0.900 bits per heavy atom. The van der Waals surface area contributed by atoms with Crippen LogP contribution in [-0.4, -0.2) is 42.3 Å². The van der Waals surface area contributed by atoms with Crippen molar-refractivity contribution in [3.8, 4) is 0 Å². The van der Waals surface area contributed by atoms with Crippen molar-refractivity contribution in [1.29, 1.82) is 0 Å². The zero-order valence-corrected chi connectivity index (χ0v) is 17.5. The van der Waals surface area contributed by atoms with Gasteiger partial charge in [0.15, 0.2) is 0 Å². The molecule has 2 heterocycles. The van der Waals surface area contributed by atoms with E-state index in [0.29, 0.717) is 5.92 Å². The van der Waals surface area contributed by atoms with Gasteiger partial charge in [0.1, 0.15) is 6.29 Å². The number of fused-ring (bicyclic) bond motifs is 2. The van der Waals surface area contributed by atoms with Gasteiger partial charge < -0.3 is 9.69 Å². The van der Waals surface area contributed by atoms with Gasteiger partial charge >= 0.3 is 0 Å². The minimum absolute atomic E-state index is 0.0490. The molecule has 3 nitrogen and oxygen atoms in total. The lowest BCUT2D eigenvalue weighted by Crippen LogP contribution is -2.39. The van der Waals surface area contributed by atoms with Crippen molar-refractivity contribution in [2.75, 3.05) is 26.2 Å². The first-order chi connectivity index (χ1) is 14.8. The predicted octanol–water partition coefficient (Wildman–Crippen LogP) is 4.85. The fourth-order valence-corrected chi connectivity index (χ4v) is 5.22. The van der Waals surface area contributed by atoms with Crippen molar-refractivity contribution >= 4 is 17.1 Å². The topological polar surface area (TPSA) is 23.6 Å². The van der Waals surface area contributed by atoms with Gasteiger partial charge in [-0.1, -0.05) is 66.7 Å². The minimum Gasteiger partial charge on any atom is -0.303 e. The van der Waals surface area contributed by atoms with Gasteiger partial charge in [-0.25, -0.2) is 0 Å². The first-order valence-corrected chi connectivity index (χ1v) is 11.3. The van der Waals surface area contributed by atoms with Gasteiger partial charge in [0, 0.05) is 19.6 Å². The molecule has 5 rings (SSSR count). The van der Waals surface area contributed by atoms with Crippen LogP contribution in [0.2, 0.25) is 0 Å². The van der Waals surface area contributed by atoms with E-state index in [1.807, 2.05) is 6.07 Å². The Bertz CT molecular complexity index is 1020. The molecule has 0 N–H and O–H groups in total. The summed E-state index contributed by atoms with van der Waals surface area (Å²) in [5.74, 6) is 0.693. The summed E-state index contributed by atoms with van der Waals surface area (Å²) in [5.41, 5.74) is 3.96. The maximum Gasteiger partial charge on any atom is 0.141 e. The highest BCUT2D eigenvalue weighted by Gasteiger charge is 2.31. The van der Waals surface area contributed by atoms with Crippen LogP contribution in [0.25, 0.3) is 10.8 Å². The number of carbonyl (C=O) groups excluding carboxylic acids is 1. The van der Waals surface area contributed by atoms with E-state index in [2.05, 4.69) is 70.5 Å². The summed E-state index contributed by atoms with van der Waals surface area (Å²) in [6, 6.07) is 23.8. The molecule has 1 unspecified atom stereocenters. The third-order valence-electron chi connectivity index (χ3n) is 7.00. The van der Waals surface area contributed by atoms with Crippen molar-refractivity contribution in [1.82, 2.24) is 9.80 Å². The van der Waals surface area contributed by atoms with Crippen LogP contribution in [-0.2, 0) is 17.8 Å². The number of benzene rings is 3. The van der Waals surface area contributed by atoms with Crippen LogP contribution in [0.4, 0.5) is 0 Å². The van der Waals surface area contributed by atoms with Gasteiger partial charge in [0.25, 0.3) is 0 Å². The highest BCUT2D eigenvalue weighted by molar-refractivity contribution is 5.83. The molecule has 0 bridgehead atoms. The first-order valence-electron chi connectivity index (χ1n) is 11.3. The summed E-state index contributed by atoms with van der Waals surface area (Å²) in [5, 5.41) is 2.66. The molecule has 0 aromatic heterocycles. The Morgan fingerprint density at radius 3 is 2.50 bits per heavy atom. The number of hydrogen-bond acceptors (Lipinski definition) is 3. The SMILES string of the molecule is O=CC1c2ccccc2CN1CC1CCN(CCc2ccc3ccccc3c2)CC1. The fourth-order valence-electron chi connectivity index (χ4n) is 5.22. The molecule has 30 heavy (non-hydrogen) atoms. The van der Waals surface area contributed by atoms with E-state index >= 15 is 0 Å². The number of carbonyl (C=O) groups is 1. The van der Waals surface area contributed by atoms with E-state index in [9.17, 15) is 4.79 Å². The maximum atomic E-state index is 11.7. The Labute approximate surface area is 179 Å². The average molecular weight is 399 g/mol. The first kappa shape index (κ1) is 19.5. The molecule has 3 aromatic carbocycles. The highest BCUT2D eigenvalue weighted by atomic mass is 16.1. The van der Waals surface area contributed by atoms with Crippen molar-refractivity contribution < 1.29 is 4.79 Å². The smallest absolute Gasteiger partial charge is 0.141 e. The molecule has 0 spiro atoms. The molecule has 154 valence electrons. The zero-order valence-electron chi connectivity index (χ0n) is 17.5. The molecule has 3 heteroatoms. The standard InChI is InChI=1S/C27H30N2O/c30-20-27-26-8-4-3-7-25(26)19-29(27)18-22-12-15-28(16-13-22)14-11-21-9-10-23-5-1-2-6-24(23)17-21/h1-10,17,20,22,27H,11-16,18-19H2. The summed E-state index contributed by atoms with van der Waals surface area (Å²) >= 11 is 0. The number of nitrogens with zero attached hydrogens (tertiary/aromatic N) is 2. The van der Waals surface area contributed by atoms with Gasteiger partial charge in [0.05, 0.1) is 6.04 Å². The van der Waals surface area contributed by atoms with E-state index in [1.165, 1.54) is 53.4 Å². The minimum atomic E-state index is -0.0490. The molecular weight excluding hydrogens is 368 g/mol. The summed E-state index contributed by atoms with van der Waals surface area (Å²) in [6.07, 6.45) is 4.71. The summed E-state index contributed by atoms with van der Waals surface area (Å²) in [7, 11) is 0. The molecule has 2 aliphatic rings. The normalized spacial score (nSPS) is 20.5. The molecule has 2 aliphatic heterocycles. The van der Waals surface area contributed by atoms with Crippen LogP contribution >= 0.6 is 0 Å². The Morgan fingerprint density at radius 2 is 1.67 bits per heavy atom. The van der Waals surface area contributed by atoms with E-state index in [4.69, 9.17) is 0 Å². The fraction of sp³-hybridized carbons (Fsp3) is 0.370. The van der Waals surface area contributed by atoms with Crippen LogP contribution in [0.3, 0.4) is 0 Å². The molecule has 1 atom stereocenters. The van der Waals surface area contributed by atoms with Crippen molar-refractivity contribution in [2.24, 2.45) is 5.92 Å². The molecular formula is C27H30N2O. The van der Waals surface area contributed by atoms with Crippen molar-refractivity contribution in [3.63, 3.8) is 0 Å². The largest absolute Gasteiger partial charge is 0.303 e. The molecule has 0 saturated carbocycles. The van der Waals surface area contributed by atoms with Crippen LogP contribution in [0.1, 0.15) is 35.6 Å². The van der Waals surface area contributed by atoms with Crippen molar-refractivity contribution in [2.45, 2.75) is 31.8 Å². The molecule has 0 amide bonds. The van der Waals surface area contributed by atoms with Crippen LogP contribution in [0.5, 0.6) is 0 Å². The zero-order chi connectivity index (χ0) is 20.3. The Hall–Kier alpha value is -2.49. The highest BCUT2D eigenvalue weighted by Crippen LogP contribution is 2.34. The molecule has 0 aliphatic carbocycles. The number of aldehydes is 1. The van der Waals surface area contributed by atoms with E-state index in [-0.39, 0.29) is 6.04 Å². The monoisotopic (exact) mass is 398 g/mol. The molecule has 0 radical (unpaired) electrons. The van der Waals surface area contributed by atoms with E-state index in [0.717, 1.165) is 32.3 Å². The lowest BCUT2D eigenvalue weighted by molar-refractivity contribution is -0.112. The lowest BCUT2D eigenvalue weighted by atomic mass is 9.95. The van der Waals surface area contributed by atoms with E-state index in [1.54, 1.807) is 0 Å². The van der Waals surface area contributed by atoms with Crippen LogP contribution in [0.15, 0.2) is 66.7 Å². The summed E-state index contributed by atoms with van der Waals surface area (Å²) < 4.78 is 0. The van der Waals surface area contributed by atoms with Gasteiger partial charge in [-0.05, 0) is 65.7 Å². The number of rotatable bonds is 6. The second-order valence-electron chi connectivity index (χ2n) is 8.93. The van der Waals surface area contributed by atoms with Crippen molar-refractivity contribution in [3.05, 3.63) is 83.4 Å². The van der Waals surface area contributed by atoms with Crippen LogP contribution < -0.4 is 0 Å². The number of likely N-dealkylation sites (tertiary alicyclic amines) is 1. The predicted molar refractivity (Wildman–Crippen MR) is 122 cm³/mol. The summed E-state index contributed by atoms with van der Waals surface area (Å²) in [6.45, 7) is 5.44. The van der Waals surface area contributed by atoms with Gasteiger partial charge in [-0.3, -0.25) is 4.90 Å². The lowest BCUT2D eigenvalue weighted by Gasteiger charge is -2.34. The third kappa shape index (κ3) is 4.05. The summed E-state index contributed by atoms with van der Waals surface area (Å²) in [4.78, 5) is 16.7. The number of hydrogen-bond donors (Lipinski definition) is 0. The van der Waals surface area contributed by atoms with Gasteiger partial charge in [-0.2, -0.15) is 0 Å². The number of piperidine rings is 1. The van der Waals surface area contributed by atoms with Gasteiger partial charge in [0.2, 0.25) is 0 Å². The quantitative estimate of drug-likeness (QED) is 0.555. The molecule has 1 saturated heterocycles. The Balaban J connectivity index is 1.12. The third-order valence-corrected chi connectivity index (χ3v) is 7.00. The maximum absolute atomic E-state index is 11.7. The Kier molecular flexibility index (Phi) is 5.65. The second kappa shape index (κ2) is 8.71. The molecule has 3 aromatic rings. The van der Waals surface area contributed by atoms with E-state index < -0.39 is 0 Å². The molecule has 1 fully saturated rings. The average Bonchev–Trinajstić information content (AvgIpc) is 3.15.